The smallest absolute Gasteiger partial charge is 0.0726 e. The number of hydrogen-bond acceptors (Lipinski definition) is 1. The van der Waals surface area contributed by atoms with Crippen molar-refractivity contribution in [3.63, 3.8) is 0 Å². The summed E-state index contributed by atoms with van der Waals surface area (Å²) in [6, 6.07) is 15.8. The highest BCUT2D eigenvalue weighted by molar-refractivity contribution is 6.12. The quantitative estimate of drug-likeness (QED) is 0.610. The largest absolute Gasteiger partial charge is 0.374 e. The van der Waals surface area contributed by atoms with Gasteiger partial charge >= 0.3 is 0 Å². The maximum Gasteiger partial charge on any atom is 0.0726 e. The minimum absolute atomic E-state index is 0.267. The van der Waals surface area contributed by atoms with Gasteiger partial charge in [0.05, 0.1) is 12.7 Å². The molecule has 3 aromatic rings. The van der Waals surface area contributed by atoms with Gasteiger partial charge in [-0.15, -0.1) is 0 Å². The molecule has 4 rings (SSSR count). The molecule has 0 aliphatic heterocycles. The van der Waals surface area contributed by atoms with E-state index in [1.54, 1.807) is 0 Å². The van der Waals surface area contributed by atoms with Crippen molar-refractivity contribution < 1.29 is 4.74 Å². The van der Waals surface area contributed by atoms with E-state index in [2.05, 4.69) is 56.3 Å². The summed E-state index contributed by atoms with van der Waals surface area (Å²) in [7, 11) is 0. The molecule has 0 bridgehead atoms. The van der Waals surface area contributed by atoms with Crippen molar-refractivity contribution in [3.8, 4) is 0 Å². The normalized spacial score (nSPS) is 13.7. The molecule has 0 saturated carbocycles. The van der Waals surface area contributed by atoms with Crippen molar-refractivity contribution in [2.24, 2.45) is 0 Å². The molecule has 0 heterocycles. The molecule has 0 amide bonds. The Hall–Kier alpha value is -1.86. The Morgan fingerprint density at radius 2 is 1.71 bits per heavy atom. The Kier molecular flexibility index (Phi) is 2.97. The van der Waals surface area contributed by atoms with Gasteiger partial charge in [-0.2, -0.15) is 0 Å². The third-order valence-electron chi connectivity index (χ3n) is 4.52. The second-order valence-corrected chi connectivity index (χ2v) is 6.25. The fraction of sp³-hybridized carbons (Fsp3) is 0.300. The Morgan fingerprint density at radius 1 is 0.905 bits per heavy atom. The molecule has 1 heteroatoms. The standard InChI is InChI=1S/C20H20O/c1-13(2)21-12-17-9-8-16-7-6-14-4-3-5-15-10-11-18(17)20(16)19(14)15/h3-5,8-11,13H,6-7,12H2,1-2H3. The number of aryl methyl sites for hydroxylation is 2. The van der Waals surface area contributed by atoms with Crippen LogP contribution in [0.5, 0.6) is 0 Å². The maximum atomic E-state index is 5.84. The van der Waals surface area contributed by atoms with Crippen molar-refractivity contribution in [2.75, 3.05) is 0 Å². The molecule has 0 atom stereocenters. The van der Waals surface area contributed by atoms with E-state index in [1.165, 1.54) is 38.2 Å². The van der Waals surface area contributed by atoms with E-state index in [0.717, 1.165) is 12.8 Å². The van der Waals surface area contributed by atoms with E-state index in [1.807, 2.05) is 0 Å². The number of ether oxygens (including phenoxy) is 1. The predicted molar refractivity (Wildman–Crippen MR) is 88.8 cm³/mol. The first kappa shape index (κ1) is 12.8. The molecule has 0 saturated heterocycles. The zero-order chi connectivity index (χ0) is 14.4. The third-order valence-corrected chi connectivity index (χ3v) is 4.52. The van der Waals surface area contributed by atoms with E-state index in [0.29, 0.717) is 6.61 Å². The highest BCUT2D eigenvalue weighted by Crippen LogP contribution is 2.37. The molecule has 1 nitrogen and oxygen atoms in total. The van der Waals surface area contributed by atoms with Crippen molar-refractivity contribution in [1.82, 2.24) is 0 Å². The lowest BCUT2D eigenvalue weighted by atomic mass is 9.85. The summed E-state index contributed by atoms with van der Waals surface area (Å²) in [6.07, 6.45) is 2.58. The van der Waals surface area contributed by atoms with Crippen LogP contribution in [-0.4, -0.2) is 6.10 Å². The lowest BCUT2D eigenvalue weighted by Gasteiger charge is -2.20. The average Bonchev–Trinajstić information content (AvgIpc) is 2.51. The molecule has 106 valence electrons. The van der Waals surface area contributed by atoms with Crippen LogP contribution in [0.25, 0.3) is 21.5 Å². The summed E-state index contributed by atoms with van der Waals surface area (Å²) >= 11 is 0. The van der Waals surface area contributed by atoms with Gasteiger partial charge in [0.1, 0.15) is 0 Å². The van der Waals surface area contributed by atoms with Crippen LogP contribution < -0.4 is 0 Å². The molecule has 21 heavy (non-hydrogen) atoms. The van der Waals surface area contributed by atoms with Crippen molar-refractivity contribution >= 4 is 21.5 Å². The Bertz CT molecular complexity index is 830. The van der Waals surface area contributed by atoms with Crippen LogP contribution in [0, 0.1) is 0 Å². The van der Waals surface area contributed by atoms with E-state index >= 15 is 0 Å². The minimum atomic E-state index is 0.267. The zero-order valence-electron chi connectivity index (χ0n) is 12.6. The summed E-state index contributed by atoms with van der Waals surface area (Å²) in [5.41, 5.74) is 4.29. The first-order chi connectivity index (χ1) is 10.2. The van der Waals surface area contributed by atoms with Gasteiger partial charge in [-0.3, -0.25) is 0 Å². The fourth-order valence-electron chi connectivity index (χ4n) is 3.50. The lowest BCUT2D eigenvalue weighted by Crippen LogP contribution is -2.05. The van der Waals surface area contributed by atoms with Crippen molar-refractivity contribution in [1.29, 1.82) is 0 Å². The second-order valence-electron chi connectivity index (χ2n) is 6.25. The average molecular weight is 276 g/mol. The van der Waals surface area contributed by atoms with E-state index < -0.39 is 0 Å². The fourth-order valence-corrected chi connectivity index (χ4v) is 3.50. The molecule has 0 fully saturated rings. The predicted octanol–water partition coefficient (Wildman–Crippen LogP) is 5.02. The van der Waals surface area contributed by atoms with Gasteiger partial charge in [-0.05, 0) is 64.9 Å². The molecule has 0 unspecified atom stereocenters. The summed E-state index contributed by atoms with van der Waals surface area (Å²) in [4.78, 5) is 0. The van der Waals surface area contributed by atoms with Crippen LogP contribution in [0.2, 0.25) is 0 Å². The van der Waals surface area contributed by atoms with Crippen LogP contribution in [0.3, 0.4) is 0 Å². The SMILES string of the molecule is CC(C)OCc1ccc2c3c1ccc1cccc(c13)CC2. The molecule has 1 aliphatic rings. The van der Waals surface area contributed by atoms with Crippen LogP contribution in [-0.2, 0) is 24.2 Å². The first-order valence-electron chi connectivity index (χ1n) is 7.81. The van der Waals surface area contributed by atoms with Gasteiger partial charge in [0.25, 0.3) is 0 Å². The van der Waals surface area contributed by atoms with E-state index in [4.69, 9.17) is 4.74 Å². The van der Waals surface area contributed by atoms with Gasteiger partial charge in [-0.25, -0.2) is 0 Å². The molecule has 0 spiro atoms. The van der Waals surface area contributed by atoms with Gasteiger partial charge in [0.15, 0.2) is 0 Å². The number of hydrogen-bond donors (Lipinski definition) is 0. The first-order valence-corrected chi connectivity index (χ1v) is 7.81. The highest BCUT2D eigenvalue weighted by atomic mass is 16.5. The van der Waals surface area contributed by atoms with Crippen molar-refractivity contribution in [3.05, 3.63) is 59.2 Å². The maximum absolute atomic E-state index is 5.84. The Morgan fingerprint density at radius 3 is 2.52 bits per heavy atom. The number of benzene rings is 3. The van der Waals surface area contributed by atoms with Gasteiger partial charge in [0, 0.05) is 0 Å². The van der Waals surface area contributed by atoms with E-state index in [-0.39, 0.29) is 6.10 Å². The highest BCUT2D eigenvalue weighted by Gasteiger charge is 2.16. The molecule has 0 aromatic heterocycles. The minimum Gasteiger partial charge on any atom is -0.374 e. The molecular formula is C20H20O. The summed E-state index contributed by atoms with van der Waals surface area (Å²) in [5.74, 6) is 0. The molecule has 0 radical (unpaired) electrons. The van der Waals surface area contributed by atoms with Crippen LogP contribution in [0.1, 0.15) is 30.5 Å². The molecule has 0 N–H and O–H groups in total. The van der Waals surface area contributed by atoms with Crippen molar-refractivity contribution in [2.45, 2.75) is 39.4 Å². The second kappa shape index (κ2) is 4.85. The summed E-state index contributed by atoms with van der Waals surface area (Å²) < 4.78 is 5.84. The molecule has 1 aliphatic carbocycles. The van der Waals surface area contributed by atoms with Crippen LogP contribution in [0.4, 0.5) is 0 Å². The molecular weight excluding hydrogens is 256 g/mol. The van der Waals surface area contributed by atoms with Gasteiger partial charge < -0.3 is 4.74 Å². The van der Waals surface area contributed by atoms with Gasteiger partial charge in [0.2, 0.25) is 0 Å². The Labute approximate surface area is 125 Å². The third kappa shape index (κ3) is 2.04. The van der Waals surface area contributed by atoms with E-state index in [9.17, 15) is 0 Å². The lowest BCUT2D eigenvalue weighted by molar-refractivity contribution is 0.0664. The van der Waals surface area contributed by atoms with Crippen LogP contribution in [0.15, 0.2) is 42.5 Å². The molecule has 3 aromatic carbocycles. The monoisotopic (exact) mass is 276 g/mol. The van der Waals surface area contributed by atoms with Crippen LogP contribution >= 0.6 is 0 Å². The summed E-state index contributed by atoms with van der Waals surface area (Å²) in [5, 5.41) is 5.65. The number of rotatable bonds is 3. The topological polar surface area (TPSA) is 9.23 Å². The zero-order valence-corrected chi connectivity index (χ0v) is 12.6. The Balaban J connectivity index is 2.01. The van der Waals surface area contributed by atoms with Gasteiger partial charge in [-0.1, -0.05) is 42.5 Å². The summed E-state index contributed by atoms with van der Waals surface area (Å²) in [6.45, 7) is 4.88.